The maximum atomic E-state index is 12.1. The summed E-state index contributed by atoms with van der Waals surface area (Å²) in [6.07, 6.45) is 2.03. The van der Waals surface area contributed by atoms with Crippen molar-refractivity contribution >= 4 is 17.6 Å². The second-order valence-corrected chi connectivity index (χ2v) is 6.40. The molecule has 0 bridgehead atoms. The van der Waals surface area contributed by atoms with Gasteiger partial charge in [0.1, 0.15) is 0 Å². The van der Waals surface area contributed by atoms with Gasteiger partial charge in [0.25, 0.3) is 0 Å². The molecule has 0 aliphatic carbocycles. The van der Waals surface area contributed by atoms with Crippen LogP contribution in [0, 0.1) is 11.8 Å². The Hall–Kier alpha value is -1.22. The standard InChI is InChI=1S/C16H23ClN2O/c1-12-8-13(2)11-19(10-12)16(20)18-7-6-14-4-3-5-15(17)9-14/h3-5,9,12-13H,6-8,10-11H2,1-2H3,(H,18,20). The first kappa shape index (κ1) is 15.2. The second kappa shape index (κ2) is 6.98. The summed E-state index contributed by atoms with van der Waals surface area (Å²) in [5.74, 6) is 1.19. The van der Waals surface area contributed by atoms with Crippen molar-refractivity contribution < 1.29 is 4.79 Å². The molecule has 20 heavy (non-hydrogen) atoms. The highest BCUT2D eigenvalue weighted by Crippen LogP contribution is 2.20. The van der Waals surface area contributed by atoms with Crippen LogP contribution in [0.5, 0.6) is 0 Å². The molecule has 1 aromatic carbocycles. The Kier molecular flexibility index (Phi) is 5.30. The number of hydrogen-bond acceptors (Lipinski definition) is 1. The summed E-state index contributed by atoms with van der Waals surface area (Å²) in [6.45, 7) is 6.81. The molecule has 1 N–H and O–H groups in total. The molecule has 1 heterocycles. The van der Waals surface area contributed by atoms with Gasteiger partial charge in [0.2, 0.25) is 0 Å². The average molecular weight is 295 g/mol. The molecule has 2 amide bonds. The number of benzene rings is 1. The summed E-state index contributed by atoms with van der Waals surface area (Å²) in [6, 6.07) is 7.83. The van der Waals surface area contributed by atoms with E-state index in [-0.39, 0.29) is 6.03 Å². The van der Waals surface area contributed by atoms with Gasteiger partial charge in [0.15, 0.2) is 0 Å². The van der Waals surface area contributed by atoms with Crippen molar-refractivity contribution in [2.24, 2.45) is 11.8 Å². The van der Waals surface area contributed by atoms with Crippen LogP contribution in [0.4, 0.5) is 4.79 Å². The first-order valence-corrected chi connectivity index (χ1v) is 7.69. The fourth-order valence-electron chi connectivity index (χ4n) is 2.95. The normalized spacial score (nSPS) is 22.6. The number of carbonyl (C=O) groups is 1. The molecule has 1 aliphatic heterocycles. The van der Waals surface area contributed by atoms with E-state index < -0.39 is 0 Å². The van der Waals surface area contributed by atoms with Gasteiger partial charge >= 0.3 is 6.03 Å². The molecular weight excluding hydrogens is 272 g/mol. The summed E-state index contributed by atoms with van der Waals surface area (Å²) in [4.78, 5) is 14.1. The van der Waals surface area contributed by atoms with Crippen molar-refractivity contribution in [2.75, 3.05) is 19.6 Å². The van der Waals surface area contributed by atoms with Crippen LogP contribution in [0.3, 0.4) is 0 Å². The largest absolute Gasteiger partial charge is 0.338 e. The maximum Gasteiger partial charge on any atom is 0.317 e. The zero-order chi connectivity index (χ0) is 14.5. The van der Waals surface area contributed by atoms with Gasteiger partial charge in [0.05, 0.1) is 0 Å². The third-order valence-electron chi connectivity index (χ3n) is 3.74. The lowest BCUT2D eigenvalue weighted by atomic mass is 9.92. The second-order valence-electron chi connectivity index (χ2n) is 5.96. The van der Waals surface area contributed by atoms with E-state index in [0.29, 0.717) is 18.4 Å². The van der Waals surface area contributed by atoms with E-state index in [1.807, 2.05) is 29.2 Å². The number of likely N-dealkylation sites (tertiary alicyclic amines) is 1. The molecule has 1 saturated heterocycles. The highest BCUT2D eigenvalue weighted by molar-refractivity contribution is 6.30. The van der Waals surface area contributed by atoms with Crippen LogP contribution in [0.1, 0.15) is 25.8 Å². The number of piperidine rings is 1. The molecule has 4 heteroatoms. The highest BCUT2D eigenvalue weighted by Gasteiger charge is 2.24. The van der Waals surface area contributed by atoms with Crippen LogP contribution in [0.2, 0.25) is 5.02 Å². The van der Waals surface area contributed by atoms with Crippen molar-refractivity contribution in [3.63, 3.8) is 0 Å². The Morgan fingerprint density at radius 3 is 2.70 bits per heavy atom. The summed E-state index contributed by atoms with van der Waals surface area (Å²) in [7, 11) is 0. The van der Waals surface area contributed by atoms with Gasteiger partial charge in [-0.05, 0) is 42.4 Å². The van der Waals surface area contributed by atoms with E-state index in [0.717, 1.165) is 30.1 Å². The molecule has 1 fully saturated rings. The van der Waals surface area contributed by atoms with Crippen molar-refractivity contribution in [3.8, 4) is 0 Å². The lowest BCUT2D eigenvalue weighted by Crippen LogP contribution is -2.47. The monoisotopic (exact) mass is 294 g/mol. The van der Waals surface area contributed by atoms with Crippen LogP contribution in [-0.4, -0.2) is 30.6 Å². The highest BCUT2D eigenvalue weighted by atomic mass is 35.5. The van der Waals surface area contributed by atoms with E-state index in [1.54, 1.807) is 0 Å². The Balaban J connectivity index is 1.77. The van der Waals surface area contributed by atoms with Crippen molar-refractivity contribution in [1.82, 2.24) is 10.2 Å². The van der Waals surface area contributed by atoms with Gasteiger partial charge in [-0.15, -0.1) is 0 Å². The minimum absolute atomic E-state index is 0.0606. The summed E-state index contributed by atoms with van der Waals surface area (Å²) >= 11 is 5.94. The number of carbonyl (C=O) groups excluding carboxylic acids is 1. The number of nitrogens with zero attached hydrogens (tertiary/aromatic N) is 1. The fourth-order valence-corrected chi connectivity index (χ4v) is 3.16. The van der Waals surface area contributed by atoms with Crippen LogP contribution >= 0.6 is 11.6 Å². The number of amides is 2. The van der Waals surface area contributed by atoms with Gasteiger partial charge in [-0.3, -0.25) is 0 Å². The molecule has 1 aromatic rings. The molecule has 3 nitrogen and oxygen atoms in total. The van der Waals surface area contributed by atoms with Gasteiger partial charge in [0, 0.05) is 24.7 Å². The number of nitrogens with one attached hydrogen (secondary N) is 1. The Bertz CT molecular complexity index is 454. The SMILES string of the molecule is CC1CC(C)CN(C(=O)NCCc2cccc(Cl)c2)C1. The zero-order valence-electron chi connectivity index (χ0n) is 12.2. The molecule has 1 aliphatic rings. The van der Waals surface area contributed by atoms with Crippen molar-refractivity contribution in [1.29, 1.82) is 0 Å². The molecule has 110 valence electrons. The minimum atomic E-state index is 0.0606. The lowest BCUT2D eigenvalue weighted by molar-refractivity contribution is 0.146. The molecule has 2 atom stereocenters. The molecule has 0 saturated carbocycles. The third-order valence-corrected chi connectivity index (χ3v) is 3.97. The van der Waals surface area contributed by atoms with Crippen molar-refractivity contribution in [2.45, 2.75) is 26.7 Å². The Labute approximate surface area is 126 Å². The Morgan fingerprint density at radius 2 is 2.05 bits per heavy atom. The maximum absolute atomic E-state index is 12.1. The van der Waals surface area contributed by atoms with E-state index in [2.05, 4.69) is 19.2 Å². The summed E-state index contributed by atoms with van der Waals surface area (Å²) in [5.41, 5.74) is 1.15. The summed E-state index contributed by atoms with van der Waals surface area (Å²) < 4.78 is 0. The average Bonchev–Trinajstić information content (AvgIpc) is 2.37. The predicted octanol–water partition coefficient (Wildman–Crippen LogP) is 3.57. The zero-order valence-corrected chi connectivity index (χ0v) is 13.0. The topological polar surface area (TPSA) is 32.3 Å². The molecular formula is C16H23ClN2O. The molecule has 0 aromatic heterocycles. The van der Waals surface area contributed by atoms with Crippen LogP contribution < -0.4 is 5.32 Å². The van der Waals surface area contributed by atoms with E-state index in [9.17, 15) is 4.79 Å². The van der Waals surface area contributed by atoms with Gasteiger partial charge in [-0.2, -0.15) is 0 Å². The quantitative estimate of drug-likeness (QED) is 0.908. The van der Waals surface area contributed by atoms with Crippen LogP contribution in [0.25, 0.3) is 0 Å². The minimum Gasteiger partial charge on any atom is -0.338 e. The van der Waals surface area contributed by atoms with Gasteiger partial charge in [-0.1, -0.05) is 37.6 Å². The van der Waals surface area contributed by atoms with E-state index in [4.69, 9.17) is 11.6 Å². The van der Waals surface area contributed by atoms with E-state index in [1.165, 1.54) is 6.42 Å². The molecule has 2 rings (SSSR count). The lowest BCUT2D eigenvalue weighted by Gasteiger charge is -2.34. The van der Waals surface area contributed by atoms with Gasteiger partial charge in [-0.25, -0.2) is 4.79 Å². The number of halogens is 1. The third kappa shape index (κ3) is 4.41. The molecule has 0 radical (unpaired) electrons. The van der Waals surface area contributed by atoms with Crippen LogP contribution in [-0.2, 0) is 6.42 Å². The fraction of sp³-hybridized carbons (Fsp3) is 0.562. The first-order chi connectivity index (χ1) is 9.54. The number of rotatable bonds is 3. The van der Waals surface area contributed by atoms with Crippen LogP contribution in [0.15, 0.2) is 24.3 Å². The Morgan fingerprint density at radius 1 is 1.35 bits per heavy atom. The van der Waals surface area contributed by atoms with Gasteiger partial charge < -0.3 is 10.2 Å². The molecule has 0 spiro atoms. The molecule has 2 unspecified atom stereocenters. The van der Waals surface area contributed by atoms with E-state index >= 15 is 0 Å². The van der Waals surface area contributed by atoms with Crippen molar-refractivity contribution in [3.05, 3.63) is 34.9 Å². The first-order valence-electron chi connectivity index (χ1n) is 7.32. The summed E-state index contributed by atoms with van der Waals surface area (Å²) in [5, 5.41) is 3.75. The number of hydrogen-bond donors (Lipinski definition) is 1. The predicted molar refractivity (Wildman–Crippen MR) is 83.1 cm³/mol. The smallest absolute Gasteiger partial charge is 0.317 e. The number of urea groups is 1.